The van der Waals surface area contributed by atoms with Gasteiger partial charge in [-0.3, -0.25) is 9.78 Å². The Labute approximate surface area is 136 Å². The Kier molecular flexibility index (Phi) is 4.20. The summed E-state index contributed by atoms with van der Waals surface area (Å²) in [6.45, 7) is 4.04. The van der Waals surface area contributed by atoms with Gasteiger partial charge in [-0.05, 0) is 43.2 Å². The summed E-state index contributed by atoms with van der Waals surface area (Å²) >= 11 is 0. The van der Waals surface area contributed by atoms with E-state index < -0.39 is 0 Å². The zero-order valence-corrected chi connectivity index (χ0v) is 13.2. The molecule has 1 amide bonds. The van der Waals surface area contributed by atoms with E-state index in [9.17, 15) is 4.79 Å². The number of nitrogens with one attached hydrogen (secondary N) is 1. The molecule has 0 aliphatic carbocycles. The highest BCUT2D eigenvalue weighted by molar-refractivity contribution is 6.04. The Morgan fingerprint density at radius 2 is 1.65 bits per heavy atom. The summed E-state index contributed by atoms with van der Waals surface area (Å²) in [5.74, 6) is -0.155. The normalized spacial score (nSPS) is 10.3. The van der Waals surface area contributed by atoms with Gasteiger partial charge in [0.05, 0.1) is 5.56 Å². The molecule has 3 nitrogen and oxygen atoms in total. The molecule has 0 unspecified atom stereocenters. The molecule has 0 radical (unpaired) electrons. The maximum atomic E-state index is 12.4. The third-order valence-corrected chi connectivity index (χ3v) is 3.66. The molecule has 0 spiro atoms. The number of rotatable bonds is 3. The molecule has 1 heterocycles. The highest BCUT2D eigenvalue weighted by Gasteiger charge is 2.08. The molecule has 3 aromatic rings. The van der Waals surface area contributed by atoms with Gasteiger partial charge in [-0.15, -0.1) is 0 Å². The SMILES string of the molecule is Cc1ccc(-c2cncc(C(=O)Nc3cccc(C)c3)c2)cc1. The van der Waals surface area contributed by atoms with Crippen LogP contribution in [0.5, 0.6) is 0 Å². The van der Waals surface area contributed by atoms with Crippen molar-refractivity contribution in [1.82, 2.24) is 4.98 Å². The van der Waals surface area contributed by atoms with Gasteiger partial charge in [0.25, 0.3) is 5.91 Å². The van der Waals surface area contributed by atoms with Gasteiger partial charge < -0.3 is 5.32 Å². The van der Waals surface area contributed by atoms with Crippen molar-refractivity contribution in [3.63, 3.8) is 0 Å². The van der Waals surface area contributed by atoms with Crippen molar-refractivity contribution < 1.29 is 4.79 Å². The number of carbonyl (C=O) groups is 1. The molecule has 0 aliphatic heterocycles. The van der Waals surface area contributed by atoms with E-state index in [1.165, 1.54) is 5.56 Å². The molecule has 3 heteroatoms. The summed E-state index contributed by atoms with van der Waals surface area (Å²) in [5.41, 5.74) is 5.62. The third-order valence-electron chi connectivity index (χ3n) is 3.66. The number of hydrogen-bond acceptors (Lipinski definition) is 2. The topological polar surface area (TPSA) is 42.0 Å². The first-order chi connectivity index (χ1) is 11.1. The molecule has 0 fully saturated rings. The van der Waals surface area contributed by atoms with Crippen LogP contribution < -0.4 is 5.32 Å². The molecule has 23 heavy (non-hydrogen) atoms. The van der Waals surface area contributed by atoms with Gasteiger partial charge in [0.2, 0.25) is 0 Å². The van der Waals surface area contributed by atoms with Gasteiger partial charge in [0, 0.05) is 23.6 Å². The van der Waals surface area contributed by atoms with Gasteiger partial charge in [0.1, 0.15) is 0 Å². The summed E-state index contributed by atoms with van der Waals surface area (Å²) < 4.78 is 0. The fourth-order valence-corrected chi connectivity index (χ4v) is 2.39. The number of aryl methyl sites for hydroxylation is 2. The Hall–Kier alpha value is -2.94. The summed E-state index contributed by atoms with van der Waals surface area (Å²) in [5, 5.41) is 2.91. The minimum Gasteiger partial charge on any atom is -0.322 e. The highest BCUT2D eigenvalue weighted by Crippen LogP contribution is 2.20. The van der Waals surface area contributed by atoms with Crippen LogP contribution in [0.3, 0.4) is 0 Å². The number of pyridine rings is 1. The van der Waals surface area contributed by atoms with E-state index in [-0.39, 0.29) is 5.91 Å². The molecular weight excluding hydrogens is 284 g/mol. The Balaban J connectivity index is 1.84. The zero-order valence-electron chi connectivity index (χ0n) is 13.2. The van der Waals surface area contributed by atoms with Crippen molar-refractivity contribution in [2.45, 2.75) is 13.8 Å². The number of anilines is 1. The van der Waals surface area contributed by atoms with E-state index in [0.717, 1.165) is 22.4 Å². The maximum absolute atomic E-state index is 12.4. The molecule has 1 N–H and O–H groups in total. The Morgan fingerprint density at radius 1 is 0.870 bits per heavy atom. The number of benzene rings is 2. The van der Waals surface area contributed by atoms with Gasteiger partial charge in [0.15, 0.2) is 0 Å². The van der Waals surface area contributed by atoms with Crippen LogP contribution in [-0.2, 0) is 0 Å². The van der Waals surface area contributed by atoms with E-state index in [1.807, 2.05) is 56.3 Å². The van der Waals surface area contributed by atoms with Gasteiger partial charge in [-0.25, -0.2) is 0 Å². The predicted octanol–water partition coefficient (Wildman–Crippen LogP) is 4.62. The minimum atomic E-state index is -0.155. The molecule has 2 aromatic carbocycles. The average Bonchev–Trinajstić information content (AvgIpc) is 2.56. The second kappa shape index (κ2) is 6.44. The molecule has 0 bridgehead atoms. The Bertz CT molecular complexity index is 838. The lowest BCUT2D eigenvalue weighted by Gasteiger charge is -2.08. The van der Waals surface area contributed by atoms with Crippen molar-refractivity contribution in [3.05, 3.63) is 83.7 Å². The minimum absolute atomic E-state index is 0.155. The van der Waals surface area contributed by atoms with Crippen LogP contribution >= 0.6 is 0 Å². The summed E-state index contributed by atoms with van der Waals surface area (Å²) in [4.78, 5) is 16.6. The number of hydrogen-bond donors (Lipinski definition) is 1. The van der Waals surface area contributed by atoms with E-state index >= 15 is 0 Å². The number of nitrogens with zero attached hydrogens (tertiary/aromatic N) is 1. The number of amides is 1. The van der Waals surface area contributed by atoms with Crippen LogP contribution in [0.4, 0.5) is 5.69 Å². The first-order valence-corrected chi connectivity index (χ1v) is 7.52. The lowest BCUT2D eigenvalue weighted by atomic mass is 10.0. The number of carbonyl (C=O) groups excluding carboxylic acids is 1. The van der Waals surface area contributed by atoms with E-state index in [2.05, 4.69) is 22.4 Å². The average molecular weight is 302 g/mol. The van der Waals surface area contributed by atoms with Gasteiger partial charge in [-0.2, -0.15) is 0 Å². The van der Waals surface area contributed by atoms with Crippen LogP contribution in [0, 0.1) is 13.8 Å². The van der Waals surface area contributed by atoms with E-state index in [0.29, 0.717) is 5.56 Å². The first kappa shape index (κ1) is 15.0. The number of aromatic nitrogens is 1. The van der Waals surface area contributed by atoms with Crippen molar-refractivity contribution in [1.29, 1.82) is 0 Å². The van der Waals surface area contributed by atoms with Crippen LogP contribution in [0.15, 0.2) is 67.0 Å². The molecule has 1 aromatic heterocycles. The molecular formula is C20H18N2O. The van der Waals surface area contributed by atoms with Crippen LogP contribution in [0.2, 0.25) is 0 Å². The predicted molar refractivity (Wildman–Crippen MR) is 93.5 cm³/mol. The molecule has 114 valence electrons. The second-order valence-corrected chi connectivity index (χ2v) is 5.65. The lowest BCUT2D eigenvalue weighted by Crippen LogP contribution is -2.12. The Morgan fingerprint density at radius 3 is 2.39 bits per heavy atom. The molecule has 3 rings (SSSR count). The lowest BCUT2D eigenvalue weighted by molar-refractivity contribution is 0.102. The molecule has 0 atom stereocenters. The van der Waals surface area contributed by atoms with Crippen LogP contribution in [-0.4, -0.2) is 10.9 Å². The van der Waals surface area contributed by atoms with Crippen molar-refractivity contribution in [2.24, 2.45) is 0 Å². The monoisotopic (exact) mass is 302 g/mol. The third kappa shape index (κ3) is 3.64. The van der Waals surface area contributed by atoms with Gasteiger partial charge >= 0.3 is 0 Å². The van der Waals surface area contributed by atoms with E-state index in [1.54, 1.807) is 12.4 Å². The largest absolute Gasteiger partial charge is 0.322 e. The quantitative estimate of drug-likeness (QED) is 0.767. The molecule has 0 aliphatic rings. The van der Waals surface area contributed by atoms with Crippen molar-refractivity contribution in [2.75, 3.05) is 5.32 Å². The summed E-state index contributed by atoms with van der Waals surface area (Å²) in [7, 11) is 0. The fraction of sp³-hybridized carbons (Fsp3) is 0.100. The highest BCUT2D eigenvalue weighted by atomic mass is 16.1. The first-order valence-electron chi connectivity index (χ1n) is 7.52. The van der Waals surface area contributed by atoms with Crippen molar-refractivity contribution in [3.8, 4) is 11.1 Å². The standard InChI is InChI=1S/C20H18N2O/c1-14-6-8-16(9-7-14)17-11-18(13-21-12-17)20(23)22-19-5-3-4-15(2)10-19/h3-13H,1-2H3,(H,22,23). The van der Waals surface area contributed by atoms with Crippen molar-refractivity contribution >= 4 is 11.6 Å². The second-order valence-electron chi connectivity index (χ2n) is 5.65. The molecule has 0 saturated carbocycles. The fourth-order valence-electron chi connectivity index (χ4n) is 2.39. The van der Waals surface area contributed by atoms with Crippen LogP contribution in [0.25, 0.3) is 11.1 Å². The van der Waals surface area contributed by atoms with Gasteiger partial charge in [-0.1, -0.05) is 42.0 Å². The van der Waals surface area contributed by atoms with E-state index in [4.69, 9.17) is 0 Å². The smallest absolute Gasteiger partial charge is 0.257 e. The zero-order chi connectivity index (χ0) is 16.2. The molecule has 0 saturated heterocycles. The summed E-state index contributed by atoms with van der Waals surface area (Å²) in [6.07, 6.45) is 3.36. The summed E-state index contributed by atoms with van der Waals surface area (Å²) in [6, 6.07) is 17.8. The van der Waals surface area contributed by atoms with Crippen LogP contribution in [0.1, 0.15) is 21.5 Å². The maximum Gasteiger partial charge on any atom is 0.257 e.